The smallest absolute Gasteiger partial charge is 0.230 e. The molecule has 1 aromatic carbocycles. The van der Waals surface area contributed by atoms with Crippen LogP contribution in [0.1, 0.15) is 32.3 Å². The van der Waals surface area contributed by atoms with Gasteiger partial charge in [-0.2, -0.15) is 0 Å². The molecule has 0 radical (unpaired) electrons. The number of nitrogens with one attached hydrogen (secondary N) is 1. The van der Waals surface area contributed by atoms with E-state index in [0.717, 1.165) is 5.56 Å². The number of amides is 1. The van der Waals surface area contributed by atoms with Gasteiger partial charge < -0.3 is 11.1 Å². The molecule has 1 heterocycles. The topological polar surface area (TPSA) is 89.3 Å². The van der Waals surface area contributed by atoms with E-state index in [1.165, 1.54) is 0 Å². The molecule has 1 unspecified atom stereocenters. The Bertz CT molecular complexity index is 621. The summed E-state index contributed by atoms with van der Waals surface area (Å²) in [4.78, 5) is 12.5. The zero-order chi connectivity index (χ0) is 15.7. The Morgan fingerprint density at radius 1 is 1.29 bits per heavy atom. The van der Waals surface area contributed by atoms with Crippen molar-refractivity contribution in [2.24, 2.45) is 0 Å². The number of nitrogens with two attached hydrogens (primary N) is 1. The van der Waals surface area contributed by atoms with Gasteiger partial charge in [0.1, 0.15) is 0 Å². The van der Waals surface area contributed by atoms with E-state index < -0.39 is 15.3 Å². The number of nitrogen functional groups attached to an aromatic ring is 1. The van der Waals surface area contributed by atoms with Crippen molar-refractivity contribution in [1.29, 1.82) is 0 Å². The number of hydrogen-bond acceptors (Lipinski definition) is 4. The fourth-order valence-corrected chi connectivity index (χ4v) is 4.17. The average Bonchev–Trinajstić information content (AvgIpc) is 2.38. The quantitative estimate of drug-likeness (QED) is 0.822. The van der Waals surface area contributed by atoms with Crippen LogP contribution in [-0.4, -0.2) is 31.9 Å². The highest BCUT2D eigenvalue weighted by Crippen LogP contribution is 2.25. The molecule has 1 amide bonds. The second-order valence-corrected chi connectivity index (χ2v) is 8.40. The van der Waals surface area contributed by atoms with Crippen LogP contribution in [0.15, 0.2) is 24.3 Å². The summed E-state index contributed by atoms with van der Waals surface area (Å²) < 4.78 is 23.3. The summed E-state index contributed by atoms with van der Waals surface area (Å²) in [5.74, 6) is 0.103. The van der Waals surface area contributed by atoms with Crippen molar-refractivity contribution in [1.82, 2.24) is 5.32 Å². The summed E-state index contributed by atoms with van der Waals surface area (Å²) >= 11 is 0. The van der Waals surface area contributed by atoms with Crippen LogP contribution in [0.3, 0.4) is 0 Å². The van der Waals surface area contributed by atoms with E-state index in [1.54, 1.807) is 12.1 Å². The molecule has 21 heavy (non-hydrogen) atoms. The van der Waals surface area contributed by atoms with Gasteiger partial charge in [0, 0.05) is 11.7 Å². The molecule has 1 aliphatic heterocycles. The Morgan fingerprint density at radius 3 is 2.48 bits per heavy atom. The number of carbonyl (C=O) groups excluding carboxylic acids is 1. The molecule has 0 spiro atoms. The van der Waals surface area contributed by atoms with Gasteiger partial charge in [0.2, 0.25) is 5.91 Å². The summed E-state index contributed by atoms with van der Waals surface area (Å²) in [7, 11) is -3.02. The summed E-state index contributed by atoms with van der Waals surface area (Å²) in [6, 6.07) is 6.88. The summed E-state index contributed by atoms with van der Waals surface area (Å²) in [5.41, 5.74) is 6.43. The van der Waals surface area contributed by atoms with E-state index in [1.807, 2.05) is 26.0 Å². The van der Waals surface area contributed by atoms with Gasteiger partial charge in [-0.3, -0.25) is 4.79 Å². The molecule has 1 atom stereocenters. The van der Waals surface area contributed by atoms with Crippen molar-refractivity contribution >= 4 is 21.4 Å². The van der Waals surface area contributed by atoms with E-state index in [-0.39, 0.29) is 23.5 Å². The Balaban J connectivity index is 2.10. The van der Waals surface area contributed by atoms with Crippen molar-refractivity contribution in [3.63, 3.8) is 0 Å². The second-order valence-electron chi connectivity index (χ2n) is 6.17. The fourth-order valence-electron chi connectivity index (χ4n) is 2.53. The lowest BCUT2D eigenvalue weighted by Crippen LogP contribution is -2.49. The summed E-state index contributed by atoms with van der Waals surface area (Å²) in [6.45, 7) is 3.65. The maximum atomic E-state index is 12.5. The molecule has 2 rings (SSSR count). The molecule has 6 heteroatoms. The molecule has 0 saturated carbocycles. The van der Waals surface area contributed by atoms with Crippen LogP contribution in [0.5, 0.6) is 0 Å². The molecular formula is C15H22N2O3S. The molecule has 1 aromatic rings. The number of sulfone groups is 1. The first-order valence-corrected chi connectivity index (χ1v) is 8.90. The van der Waals surface area contributed by atoms with Crippen molar-refractivity contribution in [2.75, 3.05) is 17.2 Å². The Hall–Kier alpha value is -1.56. The lowest BCUT2D eigenvalue weighted by atomic mass is 9.83. The van der Waals surface area contributed by atoms with Crippen molar-refractivity contribution in [3.05, 3.63) is 29.8 Å². The van der Waals surface area contributed by atoms with E-state index >= 15 is 0 Å². The second kappa shape index (κ2) is 5.67. The lowest BCUT2D eigenvalue weighted by molar-refractivity contribution is -0.126. The van der Waals surface area contributed by atoms with Crippen LogP contribution in [0, 0.1) is 0 Å². The van der Waals surface area contributed by atoms with Gasteiger partial charge in [-0.05, 0) is 44.4 Å². The van der Waals surface area contributed by atoms with Crippen LogP contribution in [-0.2, 0) is 20.0 Å². The fraction of sp³-hybridized carbons (Fsp3) is 0.533. The molecule has 5 nitrogen and oxygen atoms in total. The van der Waals surface area contributed by atoms with Gasteiger partial charge >= 0.3 is 0 Å². The van der Waals surface area contributed by atoms with Gasteiger partial charge in [-0.15, -0.1) is 0 Å². The first-order valence-electron chi connectivity index (χ1n) is 7.08. The van der Waals surface area contributed by atoms with Gasteiger partial charge in [0.25, 0.3) is 0 Å². The minimum Gasteiger partial charge on any atom is -0.399 e. The average molecular weight is 310 g/mol. The third kappa shape index (κ3) is 3.75. The molecule has 0 bridgehead atoms. The number of carbonyl (C=O) groups is 1. The Morgan fingerprint density at radius 2 is 1.90 bits per heavy atom. The van der Waals surface area contributed by atoms with Gasteiger partial charge in [0.15, 0.2) is 9.84 Å². The van der Waals surface area contributed by atoms with Crippen molar-refractivity contribution < 1.29 is 13.2 Å². The van der Waals surface area contributed by atoms with Crippen LogP contribution in [0.25, 0.3) is 0 Å². The SMILES string of the molecule is CC(C)(C(=O)NC1CCCS(=O)(=O)C1)c1ccc(N)cc1. The third-order valence-electron chi connectivity index (χ3n) is 4.00. The van der Waals surface area contributed by atoms with Gasteiger partial charge in [-0.1, -0.05) is 12.1 Å². The van der Waals surface area contributed by atoms with E-state index in [2.05, 4.69) is 5.32 Å². The zero-order valence-electron chi connectivity index (χ0n) is 12.4. The number of hydrogen-bond donors (Lipinski definition) is 2. The predicted molar refractivity (Wildman–Crippen MR) is 83.7 cm³/mol. The standard InChI is InChI=1S/C15H22N2O3S/c1-15(2,11-5-7-12(16)8-6-11)14(18)17-13-4-3-9-21(19,20)10-13/h5-8,13H,3-4,9-10,16H2,1-2H3,(H,17,18). The number of benzene rings is 1. The monoisotopic (exact) mass is 310 g/mol. The van der Waals surface area contributed by atoms with Crippen LogP contribution in [0.2, 0.25) is 0 Å². The van der Waals surface area contributed by atoms with Crippen LogP contribution >= 0.6 is 0 Å². The summed E-state index contributed by atoms with van der Waals surface area (Å²) in [6.07, 6.45) is 1.32. The Kier molecular flexibility index (Phi) is 4.27. The molecule has 0 aromatic heterocycles. The normalized spacial score (nSPS) is 21.7. The maximum absolute atomic E-state index is 12.5. The van der Waals surface area contributed by atoms with Crippen molar-refractivity contribution in [3.8, 4) is 0 Å². The lowest BCUT2D eigenvalue weighted by Gasteiger charge is -2.29. The first kappa shape index (κ1) is 15.8. The molecule has 1 aliphatic rings. The van der Waals surface area contributed by atoms with E-state index in [0.29, 0.717) is 18.5 Å². The number of anilines is 1. The highest BCUT2D eigenvalue weighted by molar-refractivity contribution is 7.91. The zero-order valence-corrected chi connectivity index (χ0v) is 13.2. The number of rotatable bonds is 3. The minimum absolute atomic E-state index is 0.0383. The third-order valence-corrected chi connectivity index (χ3v) is 5.82. The largest absolute Gasteiger partial charge is 0.399 e. The van der Waals surface area contributed by atoms with Crippen LogP contribution < -0.4 is 11.1 Å². The highest BCUT2D eigenvalue weighted by Gasteiger charge is 2.33. The van der Waals surface area contributed by atoms with E-state index in [4.69, 9.17) is 5.73 Å². The molecule has 0 aliphatic carbocycles. The summed E-state index contributed by atoms with van der Waals surface area (Å²) in [5, 5.41) is 2.88. The maximum Gasteiger partial charge on any atom is 0.230 e. The molecule has 1 saturated heterocycles. The minimum atomic E-state index is -3.02. The van der Waals surface area contributed by atoms with Crippen LogP contribution in [0.4, 0.5) is 5.69 Å². The van der Waals surface area contributed by atoms with Crippen molar-refractivity contribution in [2.45, 2.75) is 38.1 Å². The highest BCUT2D eigenvalue weighted by atomic mass is 32.2. The Labute approximate surface area is 125 Å². The van der Waals surface area contributed by atoms with Gasteiger partial charge in [-0.25, -0.2) is 8.42 Å². The molecule has 1 fully saturated rings. The van der Waals surface area contributed by atoms with Gasteiger partial charge in [0.05, 0.1) is 16.9 Å². The predicted octanol–water partition coefficient (Wildman–Crippen LogP) is 1.24. The molecule has 116 valence electrons. The first-order chi connectivity index (χ1) is 9.71. The molecule has 3 N–H and O–H groups in total. The molecular weight excluding hydrogens is 288 g/mol. The van der Waals surface area contributed by atoms with E-state index in [9.17, 15) is 13.2 Å².